The Balaban J connectivity index is 1.27. The number of aromatic nitrogens is 4. The van der Waals surface area contributed by atoms with E-state index in [4.69, 9.17) is 4.74 Å². The van der Waals surface area contributed by atoms with Gasteiger partial charge in [0.1, 0.15) is 6.10 Å². The maximum atomic E-state index is 13.1. The van der Waals surface area contributed by atoms with Crippen LogP contribution >= 0.6 is 27.3 Å². The number of hydrogen-bond donors (Lipinski definition) is 2. The van der Waals surface area contributed by atoms with Crippen molar-refractivity contribution >= 4 is 49.4 Å². The maximum absolute atomic E-state index is 13.1. The number of carboxylic acids is 1. The molecule has 9 nitrogen and oxygen atoms in total. The Hall–Kier alpha value is -3.31. The zero-order valence-corrected chi connectivity index (χ0v) is 22.9. The van der Waals surface area contributed by atoms with Crippen LogP contribution in [0.2, 0.25) is 0 Å². The first-order valence-electron chi connectivity index (χ1n) is 12.7. The Morgan fingerprint density at radius 1 is 1.13 bits per heavy atom. The van der Waals surface area contributed by atoms with E-state index in [-0.39, 0.29) is 12.6 Å². The average Bonchev–Trinajstić information content (AvgIpc) is 3.28. The molecule has 0 bridgehead atoms. The molecule has 38 heavy (non-hydrogen) atoms. The van der Waals surface area contributed by atoms with Crippen LogP contribution in [-0.4, -0.2) is 55.3 Å². The summed E-state index contributed by atoms with van der Waals surface area (Å²) < 4.78 is 7.71. The first-order chi connectivity index (χ1) is 18.4. The van der Waals surface area contributed by atoms with Gasteiger partial charge in [-0.25, -0.2) is 4.79 Å². The fourth-order valence-corrected chi connectivity index (χ4v) is 7.13. The predicted molar refractivity (Wildman–Crippen MR) is 147 cm³/mol. The van der Waals surface area contributed by atoms with E-state index in [1.165, 1.54) is 0 Å². The van der Waals surface area contributed by atoms with Crippen molar-refractivity contribution in [3.8, 4) is 21.8 Å². The molecule has 0 unspecified atom stereocenters. The molecular formula is C27H26BrN5O4S. The summed E-state index contributed by atoms with van der Waals surface area (Å²) in [6, 6.07) is 14.1. The number of ether oxygens (including phenoxy) is 1. The van der Waals surface area contributed by atoms with Crippen LogP contribution < -0.4 is 0 Å². The van der Waals surface area contributed by atoms with Gasteiger partial charge in [-0.15, -0.1) is 21.5 Å². The summed E-state index contributed by atoms with van der Waals surface area (Å²) in [6.07, 6.45) is 4.17. The monoisotopic (exact) mass is 595 g/mol. The van der Waals surface area contributed by atoms with Crippen LogP contribution in [0.4, 0.5) is 4.79 Å². The Bertz CT molecular complexity index is 1480. The molecule has 1 amide bonds. The van der Waals surface area contributed by atoms with Crippen LogP contribution in [0.15, 0.2) is 46.9 Å². The predicted octanol–water partition coefficient (Wildman–Crippen LogP) is 6.26. The molecule has 0 aliphatic heterocycles. The van der Waals surface area contributed by atoms with Gasteiger partial charge in [-0.3, -0.25) is 4.79 Å². The van der Waals surface area contributed by atoms with Gasteiger partial charge in [-0.1, -0.05) is 43.2 Å². The molecule has 4 aromatic rings. The molecule has 196 valence electrons. The number of carbonyl (C=O) groups excluding carboxylic acids is 1. The number of aromatic amines is 1. The van der Waals surface area contributed by atoms with E-state index in [0.717, 1.165) is 61.8 Å². The minimum Gasteiger partial charge on any atom is -0.481 e. The zero-order valence-electron chi connectivity index (χ0n) is 20.5. The summed E-state index contributed by atoms with van der Waals surface area (Å²) >= 11 is 5.48. The Kier molecular flexibility index (Phi) is 6.65. The van der Waals surface area contributed by atoms with Crippen LogP contribution in [0.5, 0.6) is 0 Å². The number of rotatable bonds is 8. The van der Waals surface area contributed by atoms with Crippen molar-refractivity contribution in [1.29, 1.82) is 0 Å². The number of thiophene rings is 1. The molecule has 2 aromatic heterocycles. The summed E-state index contributed by atoms with van der Waals surface area (Å²) in [6.45, 7) is 0.461. The van der Waals surface area contributed by atoms with Crippen molar-refractivity contribution < 1.29 is 19.4 Å². The molecule has 0 radical (unpaired) electrons. The number of tetrazole rings is 1. The third kappa shape index (κ3) is 4.92. The van der Waals surface area contributed by atoms with Crippen LogP contribution in [0, 0.1) is 5.41 Å². The minimum absolute atomic E-state index is 0.0446. The SMILES string of the molecule is O=C(OC1CC1)N(Cc1ccc2sc(-c3ccc(-c4nn[nH]n4)cc3)c(Br)c2c1)CC1(C(=O)O)CCCC1. The molecule has 2 aliphatic carbocycles. The van der Waals surface area contributed by atoms with Crippen molar-refractivity contribution in [2.45, 2.75) is 51.2 Å². The fourth-order valence-electron chi connectivity index (χ4n) is 5.12. The molecule has 0 saturated heterocycles. The maximum Gasteiger partial charge on any atom is 0.410 e. The topological polar surface area (TPSA) is 121 Å². The van der Waals surface area contributed by atoms with Gasteiger partial charge >= 0.3 is 12.1 Å². The highest BCUT2D eigenvalue weighted by atomic mass is 79.9. The lowest BCUT2D eigenvalue weighted by Crippen LogP contribution is -2.44. The number of aliphatic carboxylic acids is 1. The smallest absolute Gasteiger partial charge is 0.410 e. The minimum atomic E-state index is -0.906. The van der Waals surface area contributed by atoms with Crippen molar-refractivity contribution in [2.75, 3.05) is 6.54 Å². The standard InChI is InChI=1S/C27H26BrN5O4S/c28-22-20-13-16(14-33(26(36)37-19-8-9-19)15-27(25(34)35)11-1-2-12-27)3-10-21(20)38-23(22)17-4-6-18(7-5-17)24-29-31-32-30-24/h3-7,10,13,19H,1-2,8-9,11-12,14-15H2,(H,34,35)(H,29,30,31,32). The highest BCUT2D eigenvalue weighted by molar-refractivity contribution is 9.10. The zero-order chi connectivity index (χ0) is 26.3. The fraction of sp³-hybridized carbons (Fsp3) is 0.370. The van der Waals surface area contributed by atoms with E-state index < -0.39 is 17.5 Å². The third-order valence-corrected chi connectivity index (χ3v) is 9.68. The van der Waals surface area contributed by atoms with Crippen molar-refractivity contribution in [3.63, 3.8) is 0 Å². The molecule has 6 rings (SSSR count). The van der Waals surface area contributed by atoms with Gasteiger partial charge in [-0.2, -0.15) is 5.21 Å². The van der Waals surface area contributed by atoms with Gasteiger partial charge < -0.3 is 14.7 Å². The first-order valence-corrected chi connectivity index (χ1v) is 14.3. The van der Waals surface area contributed by atoms with Crippen LogP contribution in [0.3, 0.4) is 0 Å². The summed E-state index contributed by atoms with van der Waals surface area (Å²) in [5, 5.41) is 25.2. The van der Waals surface area contributed by atoms with E-state index >= 15 is 0 Å². The van der Waals surface area contributed by atoms with E-state index in [0.29, 0.717) is 25.2 Å². The second kappa shape index (κ2) is 10.1. The third-order valence-electron chi connectivity index (χ3n) is 7.37. The normalized spacial score (nSPS) is 16.6. The van der Waals surface area contributed by atoms with Crippen molar-refractivity contribution in [2.24, 2.45) is 5.41 Å². The molecular weight excluding hydrogens is 570 g/mol. The number of carbonyl (C=O) groups is 2. The number of hydrogen-bond acceptors (Lipinski definition) is 7. The van der Waals surface area contributed by atoms with Crippen LogP contribution in [0.25, 0.3) is 31.9 Å². The lowest BCUT2D eigenvalue weighted by Gasteiger charge is -2.31. The first kappa shape index (κ1) is 25.0. The van der Waals surface area contributed by atoms with E-state index in [1.54, 1.807) is 16.2 Å². The second-order valence-electron chi connectivity index (χ2n) is 10.1. The molecule has 2 aromatic carbocycles. The van der Waals surface area contributed by atoms with Crippen LogP contribution in [-0.2, 0) is 16.1 Å². The molecule has 2 saturated carbocycles. The Morgan fingerprint density at radius 3 is 2.53 bits per heavy atom. The molecule has 2 fully saturated rings. The lowest BCUT2D eigenvalue weighted by molar-refractivity contribution is -0.149. The summed E-state index contributed by atoms with van der Waals surface area (Å²) in [7, 11) is 0. The van der Waals surface area contributed by atoms with Gasteiger partial charge in [0.2, 0.25) is 5.82 Å². The quantitative estimate of drug-likeness (QED) is 0.246. The number of carboxylic acid groups (broad SMARTS) is 1. The molecule has 11 heteroatoms. The lowest BCUT2D eigenvalue weighted by atomic mass is 9.85. The Morgan fingerprint density at radius 2 is 1.87 bits per heavy atom. The summed E-state index contributed by atoms with van der Waals surface area (Å²) in [4.78, 5) is 28.0. The number of halogens is 1. The molecule has 2 N–H and O–H groups in total. The molecule has 2 aliphatic rings. The Labute approximate surface area is 231 Å². The van der Waals surface area contributed by atoms with Gasteiger partial charge in [0, 0.05) is 38.1 Å². The van der Waals surface area contributed by atoms with Gasteiger partial charge in [-0.05, 0) is 70.1 Å². The van der Waals surface area contributed by atoms with Crippen LogP contribution in [0.1, 0.15) is 44.1 Å². The second-order valence-corrected chi connectivity index (χ2v) is 12.0. The highest BCUT2D eigenvalue weighted by Gasteiger charge is 2.44. The van der Waals surface area contributed by atoms with E-state index in [1.807, 2.05) is 30.3 Å². The highest BCUT2D eigenvalue weighted by Crippen LogP contribution is 2.43. The number of fused-ring (bicyclic) bond motifs is 1. The number of nitrogens with zero attached hydrogens (tertiary/aromatic N) is 4. The van der Waals surface area contributed by atoms with Gasteiger partial charge in [0.05, 0.1) is 5.41 Å². The number of benzene rings is 2. The molecule has 0 spiro atoms. The average molecular weight is 597 g/mol. The van der Waals surface area contributed by atoms with E-state index in [9.17, 15) is 14.7 Å². The number of amides is 1. The molecule has 0 atom stereocenters. The van der Waals surface area contributed by atoms with Crippen molar-refractivity contribution in [1.82, 2.24) is 25.5 Å². The van der Waals surface area contributed by atoms with Gasteiger partial charge in [0.25, 0.3) is 0 Å². The van der Waals surface area contributed by atoms with Gasteiger partial charge in [0.15, 0.2) is 0 Å². The van der Waals surface area contributed by atoms with E-state index in [2.05, 4.69) is 48.7 Å². The summed E-state index contributed by atoms with van der Waals surface area (Å²) in [5.74, 6) is -0.283. The van der Waals surface area contributed by atoms with Crippen molar-refractivity contribution in [3.05, 3.63) is 52.5 Å². The molecule has 2 heterocycles. The number of nitrogens with one attached hydrogen (secondary N) is 1. The number of H-pyrrole nitrogens is 1. The summed E-state index contributed by atoms with van der Waals surface area (Å²) in [5.41, 5.74) is 1.96. The largest absolute Gasteiger partial charge is 0.481 e.